The van der Waals surface area contributed by atoms with Crippen LogP contribution < -0.4 is 5.32 Å². The van der Waals surface area contributed by atoms with Gasteiger partial charge in [-0.25, -0.2) is 8.42 Å². The highest BCUT2D eigenvalue weighted by molar-refractivity contribution is 8.13. The first-order valence-corrected chi connectivity index (χ1v) is 9.04. The lowest BCUT2D eigenvalue weighted by Gasteiger charge is -2.05. The Morgan fingerprint density at radius 3 is 2.40 bits per heavy atom. The molecular weight excluding hydrogens is 298 g/mol. The summed E-state index contributed by atoms with van der Waals surface area (Å²) in [5.41, 5.74) is 1.02. The molecule has 0 saturated carbocycles. The van der Waals surface area contributed by atoms with Gasteiger partial charge in [-0.15, -0.1) is 0 Å². The van der Waals surface area contributed by atoms with E-state index in [0.717, 1.165) is 31.2 Å². The van der Waals surface area contributed by atoms with Crippen LogP contribution in [0.1, 0.15) is 38.2 Å². The van der Waals surface area contributed by atoms with Gasteiger partial charge in [0.25, 0.3) is 9.05 Å². The van der Waals surface area contributed by atoms with Crippen LogP contribution in [0.15, 0.2) is 29.2 Å². The Balaban J connectivity index is 2.31. The Kier molecular flexibility index (Phi) is 7.02. The summed E-state index contributed by atoms with van der Waals surface area (Å²) in [7, 11) is 1.59. The van der Waals surface area contributed by atoms with E-state index in [9.17, 15) is 13.2 Å². The van der Waals surface area contributed by atoms with Crippen LogP contribution in [-0.2, 0) is 20.3 Å². The van der Waals surface area contributed by atoms with Crippen LogP contribution in [0, 0.1) is 0 Å². The molecular formula is C14H20ClNO3S. The Bertz CT molecular complexity index is 526. The summed E-state index contributed by atoms with van der Waals surface area (Å²) in [6.45, 7) is 2.69. The fraction of sp³-hybridized carbons (Fsp3) is 0.500. The number of halogens is 1. The van der Waals surface area contributed by atoms with Gasteiger partial charge < -0.3 is 5.32 Å². The van der Waals surface area contributed by atoms with Gasteiger partial charge in [-0.1, -0.05) is 25.5 Å². The predicted molar refractivity (Wildman–Crippen MR) is 80.3 cm³/mol. The van der Waals surface area contributed by atoms with Gasteiger partial charge in [-0.05, 0) is 37.0 Å². The zero-order valence-electron chi connectivity index (χ0n) is 11.6. The first kappa shape index (κ1) is 17.0. The van der Waals surface area contributed by atoms with E-state index < -0.39 is 9.05 Å². The van der Waals surface area contributed by atoms with E-state index >= 15 is 0 Å². The molecule has 0 unspecified atom stereocenters. The lowest BCUT2D eigenvalue weighted by Crippen LogP contribution is -2.24. The topological polar surface area (TPSA) is 63.2 Å². The van der Waals surface area contributed by atoms with Gasteiger partial charge in [0.15, 0.2) is 0 Å². The highest BCUT2D eigenvalue weighted by Crippen LogP contribution is 2.15. The van der Waals surface area contributed by atoms with E-state index in [1.54, 1.807) is 12.1 Å². The lowest BCUT2D eigenvalue weighted by molar-refractivity contribution is -0.121. The van der Waals surface area contributed by atoms with Crippen molar-refractivity contribution in [1.82, 2.24) is 5.32 Å². The van der Waals surface area contributed by atoms with Crippen molar-refractivity contribution in [3.63, 3.8) is 0 Å². The number of benzene rings is 1. The quantitative estimate of drug-likeness (QED) is 0.592. The minimum Gasteiger partial charge on any atom is -0.356 e. The molecule has 0 bridgehead atoms. The van der Waals surface area contributed by atoms with Gasteiger partial charge in [-0.2, -0.15) is 0 Å². The monoisotopic (exact) mass is 317 g/mol. The van der Waals surface area contributed by atoms with E-state index in [1.165, 1.54) is 12.1 Å². The Hall–Kier alpha value is -1.07. The van der Waals surface area contributed by atoms with Gasteiger partial charge in [-0.3, -0.25) is 4.79 Å². The number of rotatable bonds is 8. The Morgan fingerprint density at radius 1 is 1.20 bits per heavy atom. The van der Waals surface area contributed by atoms with Gasteiger partial charge in [0.05, 0.1) is 4.90 Å². The molecule has 1 N–H and O–H groups in total. The fourth-order valence-corrected chi connectivity index (χ4v) is 2.53. The van der Waals surface area contributed by atoms with Crippen LogP contribution in [0.5, 0.6) is 0 Å². The molecule has 0 atom stereocenters. The summed E-state index contributed by atoms with van der Waals surface area (Å²) < 4.78 is 22.2. The molecule has 1 rings (SSSR count). The third-order valence-corrected chi connectivity index (χ3v) is 4.30. The van der Waals surface area contributed by atoms with Crippen LogP contribution in [0.25, 0.3) is 0 Å². The number of unbranched alkanes of at least 4 members (excludes halogenated alkanes) is 1. The van der Waals surface area contributed by atoms with Crippen LogP contribution in [0.4, 0.5) is 0 Å². The van der Waals surface area contributed by atoms with Crippen molar-refractivity contribution in [2.24, 2.45) is 0 Å². The van der Waals surface area contributed by atoms with Gasteiger partial charge in [0, 0.05) is 23.6 Å². The minimum atomic E-state index is -3.65. The van der Waals surface area contributed by atoms with Gasteiger partial charge in [0.1, 0.15) is 0 Å². The summed E-state index contributed by atoms with van der Waals surface area (Å²) in [4.78, 5) is 11.5. The normalized spacial score (nSPS) is 11.3. The molecule has 0 saturated heterocycles. The first-order chi connectivity index (χ1) is 9.43. The third-order valence-electron chi connectivity index (χ3n) is 2.93. The number of hydrogen-bond donors (Lipinski definition) is 1. The maximum absolute atomic E-state index is 11.4. The highest BCUT2D eigenvalue weighted by Gasteiger charge is 2.08. The van der Waals surface area contributed by atoms with Crippen molar-refractivity contribution in [2.75, 3.05) is 6.54 Å². The third kappa shape index (κ3) is 6.39. The number of carbonyl (C=O) groups is 1. The molecule has 4 nitrogen and oxygen atoms in total. The van der Waals surface area contributed by atoms with Crippen molar-refractivity contribution in [3.05, 3.63) is 29.8 Å². The number of nitrogens with one attached hydrogen (secondary N) is 1. The average molecular weight is 318 g/mol. The molecule has 20 heavy (non-hydrogen) atoms. The van der Waals surface area contributed by atoms with E-state index in [4.69, 9.17) is 10.7 Å². The van der Waals surface area contributed by atoms with Crippen LogP contribution in [0.3, 0.4) is 0 Å². The number of aryl methyl sites for hydroxylation is 1. The Morgan fingerprint density at radius 2 is 1.85 bits per heavy atom. The van der Waals surface area contributed by atoms with E-state index in [1.807, 2.05) is 0 Å². The summed E-state index contributed by atoms with van der Waals surface area (Å²) in [6.07, 6.45) is 4.13. The largest absolute Gasteiger partial charge is 0.356 e. The zero-order chi connectivity index (χ0) is 15.0. The molecule has 0 fully saturated rings. The molecule has 1 aromatic rings. The molecule has 0 radical (unpaired) electrons. The standard InChI is InChI=1S/C14H20ClNO3S/c1-2-3-6-14(17)16-11-4-5-12-7-9-13(10-8-12)20(15,18)19/h7-10H,2-6,11H2,1H3,(H,16,17). The van der Waals surface area contributed by atoms with Crippen molar-refractivity contribution < 1.29 is 13.2 Å². The van der Waals surface area contributed by atoms with E-state index in [0.29, 0.717) is 13.0 Å². The summed E-state index contributed by atoms with van der Waals surface area (Å²) in [5, 5.41) is 2.87. The van der Waals surface area contributed by atoms with Gasteiger partial charge >= 0.3 is 0 Å². The smallest absolute Gasteiger partial charge is 0.261 e. The number of amides is 1. The van der Waals surface area contributed by atoms with Gasteiger partial charge in [0.2, 0.25) is 5.91 Å². The predicted octanol–water partition coefficient (Wildman–Crippen LogP) is 2.85. The maximum atomic E-state index is 11.4. The van der Waals surface area contributed by atoms with E-state index in [-0.39, 0.29) is 10.8 Å². The van der Waals surface area contributed by atoms with Crippen LogP contribution >= 0.6 is 10.7 Å². The molecule has 0 aliphatic heterocycles. The Labute approximate surface area is 124 Å². The summed E-state index contributed by atoms with van der Waals surface area (Å²) >= 11 is 0. The maximum Gasteiger partial charge on any atom is 0.261 e. The van der Waals surface area contributed by atoms with Crippen LogP contribution in [0.2, 0.25) is 0 Å². The lowest BCUT2D eigenvalue weighted by atomic mass is 10.1. The van der Waals surface area contributed by atoms with Crippen molar-refractivity contribution >= 4 is 25.6 Å². The molecule has 1 amide bonds. The summed E-state index contributed by atoms with van der Waals surface area (Å²) in [5.74, 6) is 0.0930. The molecule has 0 heterocycles. The SMILES string of the molecule is CCCCC(=O)NCCCc1ccc(S(=O)(=O)Cl)cc1. The van der Waals surface area contributed by atoms with Crippen molar-refractivity contribution in [2.45, 2.75) is 43.9 Å². The van der Waals surface area contributed by atoms with E-state index in [2.05, 4.69) is 12.2 Å². The zero-order valence-corrected chi connectivity index (χ0v) is 13.1. The molecule has 0 aliphatic carbocycles. The number of hydrogen-bond acceptors (Lipinski definition) is 3. The number of carbonyl (C=O) groups excluding carboxylic acids is 1. The molecule has 6 heteroatoms. The second kappa shape index (κ2) is 8.27. The second-order valence-corrected chi connectivity index (χ2v) is 7.20. The first-order valence-electron chi connectivity index (χ1n) is 6.74. The fourth-order valence-electron chi connectivity index (χ4n) is 1.76. The molecule has 1 aromatic carbocycles. The minimum absolute atomic E-state index is 0.0930. The molecule has 0 aromatic heterocycles. The average Bonchev–Trinajstić information content (AvgIpc) is 2.41. The second-order valence-electron chi connectivity index (χ2n) is 4.64. The van der Waals surface area contributed by atoms with Crippen molar-refractivity contribution in [3.8, 4) is 0 Å². The van der Waals surface area contributed by atoms with Crippen LogP contribution in [-0.4, -0.2) is 20.9 Å². The van der Waals surface area contributed by atoms with Crippen molar-refractivity contribution in [1.29, 1.82) is 0 Å². The summed E-state index contributed by atoms with van der Waals surface area (Å²) in [6, 6.07) is 6.48. The highest BCUT2D eigenvalue weighted by atomic mass is 35.7. The molecule has 112 valence electrons. The molecule has 0 spiro atoms. The molecule has 0 aliphatic rings.